The van der Waals surface area contributed by atoms with E-state index in [0.717, 1.165) is 10.6 Å². The van der Waals surface area contributed by atoms with E-state index in [1.807, 2.05) is 6.07 Å². The number of para-hydroxylation sites is 2. The van der Waals surface area contributed by atoms with E-state index in [0.29, 0.717) is 5.69 Å². The molecule has 0 bridgehead atoms. The molecule has 27 heavy (non-hydrogen) atoms. The van der Waals surface area contributed by atoms with Crippen LogP contribution >= 0.6 is 11.3 Å². The van der Waals surface area contributed by atoms with Gasteiger partial charge in [0, 0.05) is 23.3 Å². The Morgan fingerprint density at radius 1 is 1.19 bits per heavy atom. The fourth-order valence-corrected chi connectivity index (χ4v) is 3.03. The normalized spacial score (nSPS) is 11.2. The summed E-state index contributed by atoms with van der Waals surface area (Å²) in [6.07, 6.45) is -1.13. The number of pyridine rings is 1. The average Bonchev–Trinajstić information content (AvgIpc) is 3.09. The fourth-order valence-electron chi connectivity index (χ4n) is 2.22. The Morgan fingerprint density at radius 2 is 2.00 bits per heavy atom. The van der Waals surface area contributed by atoms with Gasteiger partial charge in [-0.15, -0.1) is 11.3 Å². The number of anilines is 1. The van der Waals surface area contributed by atoms with E-state index >= 15 is 0 Å². The molecule has 0 spiro atoms. The second kappa shape index (κ2) is 8.17. The molecule has 3 rings (SSSR count). The molecule has 0 aliphatic carbocycles. The van der Waals surface area contributed by atoms with Crippen molar-refractivity contribution in [1.29, 1.82) is 0 Å². The van der Waals surface area contributed by atoms with E-state index in [1.54, 1.807) is 29.9 Å². The Hall–Kier alpha value is -2.94. The van der Waals surface area contributed by atoms with Crippen molar-refractivity contribution in [3.8, 4) is 16.3 Å². The van der Waals surface area contributed by atoms with Gasteiger partial charge in [0.1, 0.15) is 10.8 Å². The van der Waals surface area contributed by atoms with Gasteiger partial charge in [0.15, 0.2) is 6.61 Å². The van der Waals surface area contributed by atoms with Crippen LogP contribution in [0.5, 0.6) is 5.75 Å². The van der Waals surface area contributed by atoms with E-state index in [2.05, 4.69) is 15.3 Å². The Labute approximate surface area is 156 Å². The molecular formula is C18H14F3N3O2S. The van der Waals surface area contributed by atoms with Gasteiger partial charge in [0.2, 0.25) is 5.91 Å². The van der Waals surface area contributed by atoms with Gasteiger partial charge in [-0.3, -0.25) is 9.78 Å². The van der Waals surface area contributed by atoms with Crippen molar-refractivity contribution in [3.63, 3.8) is 0 Å². The lowest BCUT2D eigenvalue weighted by molar-refractivity contribution is -0.153. The number of alkyl halides is 3. The fraction of sp³-hybridized carbons (Fsp3) is 0.167. The van der Waals surface area contributed by atoms with Crippen LogP contribution in [-0.2, 0) is 11.2 Å². The van der Waals surface area contributed by atoms with Crippen LogP contribution in [0, 0.1) is 0 Å². The first-order valence-electron chi connectivity index (χ1n) is 7.84. The van der Waals surface area contributed by atoms with E-state index in [9.17, 15) is 18.0 Å². The van der Waals surface area contributed by atoms with E-state index in [4.69, 9.17) is 4.74 Å². The molecule has 1 N–H and O–H groups in total. The number of carbonyl (C=O) groups excluding carboxylic acids is 1. The van der Waals surface area contributed by atoms with Gasteiger partial charge < -0.3 is 10.1 Å². The molecule has 0 unspecified atom stereocenters. The van der Waals surface area contributed by atoms with Crippen molar-refractivity contribution >= 4 is 22.9 Å². The molecule has 0 radical (unpaired) electrons. The van der Waals surface area contributed by atoms with Crippen LogP contribution in [-0.4, -0.2) is 28.7 Å². The molecule has 3 aromatic rings. The highest BCUT2D eigenvalue weighted by atomic mass is 32.1. The molecule has 1 amide bonds. The molecule has 2 heterocycles. The molecule has 0 fully saturated rings. The smallest absolute Gasteiger partial charge is 0.422 e. The SMILES string of the molecule is O=C(Cc1csc(-c2cccnc2)n1)Nc1ccccc1OCC(F)(F)F. The minimum absolute atomic E-state index is 0.00956. The third-order valence-corrected chi connectivity index (χ3v) is 4.29. The second-order valence-corrected chi connectivity index (χ2v) is 6.37. The van der Waals surface area contributed by atoms with Crippen LogP contribution in [0.15, 0.2) is 54.2 Å². The Kier molecular flexibility index (Phi) is 5.70. The van der Waals surface area contributed by atoms with Gasteiger partial charge in [0.25, 0.3) is 0 Å². The molecule has 140 valence electrons. The number of amides is 1. The first-order chi connectivity index (χ1) is 12.9. The lowest BCUT2D eigenvalue weighted by Gasteiger charge is -2.13. The lowest BCUT2D eigenvalue weighted by atomic mass is 10.2. The van der Waals surface area contributed by atoms with Gasteiger partial charge in [-0.1, -0.05) is 12.1 Å². The summed E-state index contributed by atoms with van der Waals surface area (Å²) in [5.41, 5.74) is 1.58. The van der Waals surface area contributed by atoms with Gasteiger partial charge in [-0.05, 0) is 24.3 Å². The molecule has 0 aliphatic rings. The summed E-state index contributed by atoms with van der Waals surface area (Å²) in [5, 5.41) is 5.06. The van der Waals surface area contributed by atoms with Crippen LogP contribution in [0.25, 0.3) is 10.6 Å². The summed E-state index contributed by atoms with van der Waals surface area (Å²) >= 11 is 1.38. The van der Waals surface area contributed by atoms with E-state index in [-0.39, 0.29) is 17.9 Å². The predicted molar refractivity (Wildman–Crippen MR) is 95.7 cm³/mol. The highest BCUT2D eigenvalue weighted by Gasteiger charge is 2.28. The monoisotopic (exact) mass is 393 g/mol. The summed E-state index contributed by atoms with van der Waals surface area (Å²) in [4.78, 5) is 20.7. The molecular weight excluding hydrogens is 379 g/mol. The molecule has 2 aromatic heterocycles. The summed E-state index contributed by atoms with van der Waals surface area (Å²) < 4.78 is 41.8. The molecule has 0 saturated carbocycles. The van der Waals surface area contributed by atoms with Crippen LogP contribution in [0.3, 0.4) is 0 Å². The standard InChI is InChI=1S/C18H14F3N3O2S/c19-18(20,21)11-26-15-6-2-1-5-14(15)24-16(25)8-13-10-27-17(23-13)12-4-3-7-22-9-12/h1-7,9-10H,8,11H2,(H,24,25). The van der Waals surface area contributed by atoms with E-state index in [1.165, 1.54) is 29.5 Å². The molecule has 0 saturated heterocycles. The summed E-state index contributed by atoms with van der Waals surface area (Å²) in [5.74, 6) is -0.446. The number of hydrogen-bond acceptors (Lipinski definition) is 5. The number of aromatic nitrogens is 2. The number of thiazole rings is 1. The highest BCUT2D eigenvalue weighted by molar-refractivity contribution is 7.13. The number of halogens is 3. The Balaban J connectivity index is 1.64. The molecule has 0 atom stereocenters. The van der Waals surface area contributed by atoms with Crippen LogP contribution in [0.4, 0.5) is 18.9 Å². The van der Waals surface area contributed by atoms with Crippen LogP contribution < -0.4 is 10.1 Å². The van der Waals surface area contributed by atoms with Crippen molar-refractivity contribution in [2.75, 3.05) is 11.9 Å². The maximum absolute atomic E-state index is 12.3. The zero-order valence-electron chi connectivity index (χ0n) is 13.9. The first-order valence-corrected chi connectivity index (χ1v) is 8.72. The topological polar surface area (TPSA) is 64.1 Å². The summed E-state index contributed by atoms with van der Waals surface area (Å²) in [7, 11) is 0. The van der Waals surface area contributed by atoms with Crippen LogP contribution in [0.2, 0.25) is 0 Å². The van der Waals surface area contributed by atoms with Gasteiger partial charge in [-0.2, -0.15) is 13.2 Å². The number of nitrogens with one attached hydrogen (secondary N) is 1. The average molecular weight is 393 g/mol. The number of hydrogen-bond donors (Lipinski definition) is 1. The largest absolute Gasteiger partial charge is 0.482 e. The third-order valence-electron chi connectivity index (χ3n) is 3.35. The number of nitrogens with zero attached hydrogens (tertiary/aromatic N) is 2. The minimum atomic E-state index is -4.46. The number of ether oxygens (including phenoxy) is 1. The summed E-state index contributed by atoms with van der Waals surface area (Å²) in [6, 6.07) is 9.63. The number of benzene rings is 1. The van der Waals surface area contributed by atoms with Gasteiger partial charge >= 0.3 is 6.18 Å². The highest BCUT2D eigenvalue weighted by Crippen LogP contribution is 2.27. The van der Waals surface area contributed by atoms with Gasteiger partial charge in [-0.25, -0.2) is 4.98 Å². The van der Waals surface area contributed by atoms with Crippen molar-refractivity contribution in [2.24, 2.45) is 0 Å². The minimum Gasteiger partial charge on any atom is -0.482 e. The van der Waals surface area contributed by atoms with Crippen molar-refractivity contribution in [2.45, 2.75) is 12.6 Å². The van der Waals surface area contributed by atoms with Crippen LogP contribution in [0.1, 0.15) is 5.69 Å². The number of rotatable bonds is 6. The van der Waals surface area contributed by atoms with Crippen molar-refractivity contribution in [3.05, 3.63) is 59.9 Å². The van der Waals surface area contributed by atoms with E-state index < -0.39 is 18.7 Å². The quantitative estimate of drug-likeness (QED) is 0.677. The Bertz CT molecular complexity index is 913. The van der Waals surface area contributed by atoms with Crippen molar-refractivity contribution < 1.29 is 22.7 Å². The zero-order chi connectivity index (χ0) is 19.3. The van der Waals surface area contributed by atoms with Crippen molar-refractivity contribution in [1.82, 2.24) is 9.97 Å². The second-order valence-electron chi connectivity index (χ2n) is 5.51. The first kappa shape index (κ1) is 18.8. The number of carbonyl (C=O) groups is 1. The maximum Gasteiger partial charge on any atom is 0.422 e. The maximum atomic E-state index is 12.3. The lowest BCUT2D eigenvalue weighted by Crippen LogP contribution is -2.20. The third kappa shape index (κ3) is 5.52. The van der Waals surface area contributed by atoms with Gasteiger partial charge in [0.05, 0.1) is 17.8 Å². The zero-order valence-corrected chi connectivity index (χ0v) is 14.7. The molecule has 9 heteroatoms. The summed E-state index contributed by atoms with van der Waals surface area (Å²) in [6.45, 7) is -1.43. The molecule has 0 aliphatic heterocycles. The molecule has 5 nitrogen and oxygen atoms in total. The Morgan fingerprint density at radius 3 is 2.74 bits per heavy atom. The predicted octanol–water partition coefficient (Wildman–Crippen LogP) is 4.33. The molecule has 1 aromatic carbocycles.